The molecule has 0 saturated carbocycles. The van der Waals surface area contributed by atoms with Crippen LogP contribution in [0, 0.1) is 0 Å². The third-order valence-corrected chi connectivity index (χ3v) is 11.3. The van der Waals surface area contributed by atoms with Gasteiger partial charge in [-0.25, -0.2) is 19.9 Å². The third kappa shape index (κ3) is 4.44. The first-order valence-electron chi connectivity index (χ1n) is 16.9. The van der Waals surface area contributed by atoms with Gasteiger partial charge in [-0.05, 0) is 40.5 Å². The summed E-state index contributed by atoms with van der Waals surface area (Å²) in [5.74, 6) is 1.96. The molecule has 0 bridgehead atoms. The second-order valence-electron chi connectivity index (χ2n) is 13.5. The van der Waals surface area contributed by atoms with E-state index in [1.165, 1.54) is 47.8 Å². The zero-order valence-corrected chi connectivity index (χ0v) is 28.4. The van der Waals surface area contributed by atoms with E-state index >= 15 is 0 Å². The van der Waals surface area contributed by atoms with Gasteiger partial charge in [0, 0.05) is 53.2 Å². The normalized spacial score (nSPS) is 13.2. The van der Waals surface area contributed by atoms with Crippen LogP contribution in [0.1, 0.15) is 25.0 Å². The van der Waals surface area contributed by atoms with Crippen LogP contribution in [0.5, 0.6) is 0 Å². The van der Waals surface area contributed by atoms with Gasteiger partial charge in [0.2, 0.25) is 0 Å². The summed E-state index contributed by atoms with van der Waals surface area (Å²) in [6, 6.07) is 51.1. The molecule has 0 aliphatic heterocycles. The number of nitrogens with zero attached hydrogens (tertiary/aromatic N) is 4. The van der Waals surface area contributed by atoms with Crippen molar-refractivity contribution in [2.45, 2.75) is 19.3 Å². The maximum atomic E-state index is 5.23. The van der Waals surface area contributed by atoms with Crippen LogP contribution in [0.15, 0.2) is 146 Å². The Morgan fingerprint density at radius 1 is 0.460 bits per heavy atom. The molecule has 1 aliphatic carbocycles. The Morgan fingerprint density at radius 3 is 1.84 bits per heavy atom. The van der Waals surface area contributed by atoms with Gasteiger partial charge < -0.3 is 0 Å². The van der Waals surface area contributed by atoms with Gasteiger partial charge in [0.15, 0.2) is 17.5 Å². The van der Waals surface area contributed by atoms with E-state index in [2.05, 4.69) is 141 Å². The number of para-hydroxylation sites is 1. The van der Waals surface area contributed by atoms with Gasteiger partial charge in [-0.15, -0.1) is 11.3 Å². The minimum atomic E-state index is -0.119. The Morgan fingerprint density at radius 2 is 1.04 bits per heavy atom. The van der Waals surface area contributed by atoms with Gasteiger partial charge >= 0.3 is 0 Å². The van der Waals surface area contributed by atoms with Crippen LogP contribution in [0.4, 0.5) is 0 Å². The van der Waals surface area contributed by atoms with Gasteiger partial charge in [-0.2, -0.15) is 0 Å². The highest BCUT2D eigenvalue weighted by atomic mass is 32.1. The van der Waals surface area contributed by atoms with Crippen molar-refractivity contribution in [3.63, 3.8) is 0 Å². The summed E-state index contributed by atoms with van der Waals surface area (Å²) in [6.45, 7) is 4.60. The quantitative estimate of drug-likeness (QED) is 0.189. The number of aromatic nitrogens is 4. The fraction of sp³-hybridized carbons (Fsp3) is 0.0667. The van der Waals surface area contributed by atoms with Crippen molar-refractivity contribution >= 4 is 42.4 Å². The van der Waals surface area contributed by atoms with Crippen LogP contribution < -0.4 is 0 Å². The number of fused-ring (bicyclic) bond motifs is 8. The summed E-state index contributed by atoms with van der Waals surface area (Å²) in [5, 5.41) is 3.63. The molecule has 0 spiro atoms. The average Bonchev–Trinajstić information content (AvgIpc) is 3.68. The first kappa shape index (κ1) is 28.9. The molecule has 5 heteroatoms. The molecule has 1 aliphatic rings. The van der Waals surface area contributed by atoms with Crippen molar-refractivity contribution in [2.24, 2.45) is 0 Å². The number of benzene rings is 6. The van der Waals surface area contributed by atoms with Crippen LogP contribution >= 0.6 is 11.3 Å². The van der Waals surface area contributed by atoms with E-state index in [4.69, 9.17) is 19.9 Å². The van der Waals surface area contributed by atoms with Crippen molar-refractivity contribution < 1.29 is 0 Å². The van der Waals surface area contributed by atoms with Gasteiger partial charge in [0.1, 0.15) is 0 Å². The molecule has 9 aromatic rings. The minimum absolute atomic E-state index is 0.119. The standard InChI is InChI=1S/C45H30N4S/c1-45(2)35-17-9-6-14-31(35)32-25-24-30(26-36(32)45)44-48-42(28-12-4-3-5-13-28)47-43(49-44)29-22-20-27(21-23-29)40-39-34-16-8-11-19-38(34)50-41(39)33-15-7-10-18-37(33)46-40/h3-26H,1-2H3. The summed E-state index contributed by atoms with van der Waals surface area (Å²) < 4.78 is 2.54. The fourth-order valence-corrected chi connectivity index (χ4v) is 8.83. The topological polar surface area (TPSA) is 51.6 Å². The smallest absolute Gasteiger partial charge is 0.164 e. The summed E-state index contributed by atoms with van der Waals surface area (Å²) in [7, 11) is 0. The molecule has 6 aromatic carbocycles. The van der Waals surface area contributed by atoms with Crippen LogP contribution in [0.3, 0.4) is 0 Å². The van der Waals surface area contributed by atoms with Crippen molar-refractivity contribution in [3.8, 4) is 56.5 Å². The number of hydrogen-bond acceptors (Lipinski definition) is 5. The van der Waals surface area contributed by atoms with Crippen molar-refractivity contribution in [1.29, 1.82) is 0 Å². The first-order valence-corrected chi connectivity index (χ1v) is 17.7. The molecule has 50 heavy (non-hydrogen) atoms. The Bertz CT molecular complexity index is 2780. The van der Waals surface area contributed by atoms with E-state index in [1.54, 1.807) is 0 Å². The molecule has 0 fully saturated rings. The Kier molecular flexibility index (Phi) is 6.36. The Balaban J connectivity index is 1.11. The predicted octanol–water partition coefficient (Wildman–Crippen LogP) is 11.8. The van der Waals surface area contributed by atoms with Gasteiger partial charge in [-0.1, -0.05) is 141 Å². The molecule has 0 unspecified atom stereocenters. The molecule has 236 valence electrons. The second-order valence-corrected chi connectivity index (χ2v) is 14.5. The predicted molar refractivity (Wildman–Crippen MR) is 207 cm³/mol. The fourth-order valence-electron chi connectivity index (χ4n) is 7.59. The van der Waals surface area contributed by atoms with Crippen molar-refractivity contribution in [3.05, 3.63) is 157 Å². The van der Waals surface area contributed by atoms with Crippen LogP contribution in [-0.4, -0.2) is 19.9 Å². The molecule has 0 atom stereocenters. The molecule has 0 N–H and O–H groups in total. The maximum absolute atomic E-state index is 5.23. The molecule has 4 nitrogen and oxygen atoms in total. The van der Waals surface area contributed by atoms with Crippen molar-refractivity contribution in [2.75, 3.05) is 0 Å². The first-order chi connectivity index (χ1) is 24.5. The molecule has 0 amide bonds. The van der Waals surface area contributed by atoms with E-state index in [-0.39, 0.29) is 5.41 Å². The zero-order chi connectivity index (χ0) is 33.4. The largest absolute Gasteiger partial charge is 0.247 e. The maximum Gasteiger partial charge on any atom is 0.164 e. The summed E-state index contributed by atoms with van der Waals surface area (Å²) >= 11 is 1.84. The highest BCUT2D eigenvalue weighted by Crippen LogP contribution is 2.49. The monoisotopic (exact) mass is 658 g/mol. The highest BCUT2D eigenvalue weighted by Gasteiger charge is 2.35. The second kappa shape index (κ2) is 11.0. The molecule has 10 rings (SSSR count). The summed E-state index contributed by atoms with van der Waals surface area (Å²) in [4.78, 5) is 20.4. The molecule has 0 radical (unpaired) electrons. The summed E-state index contributed by atoms with van der Waals surface area (Å²) in [6.07, 6.45) is 0. The van der Waals surface area contributed by atoms with Gasteiger partial charge in [-0.3, -0.25) is 0 Å². The average molecular weight is 659 g/mol. The van der Waals surface area contributed by atoms with Gasteiger partial charge in [0.25, 0.3) is 0 Å². The Labute approximate surface area is 293 Å². The van der Waals surface area contributed by atoms with E-state index in [0.717, 1.165) is 33.5 Å². The third-order valence-electron chi connectivity index (χ3n) is 10.1. The van der Waals surface area contributed by atoms with Crippen molar-refractivity contribution in [1.82, 2.24) is 19.9 Å². The van der Waals surface area contributed by atoms with Crippen LogP contribution in [0.25, 0.3) is 87.6 Å². The lowest BCUT2D eigenvalue weighted by Gasteiger charge is -2.21. The van der Waals surface area contributed by atoms with Crippen LogP contribution in [-0.2, 0) is 5.41 Å². The molecular formula is C45H30N4S. The lowest BCUT2D eigenvalue weighted by Crippen LogP contribution is -2.15. The van der Waals surface area contributed by atoms with E-state index in [0.29, 0.717) is 17.5 Å². The van der Waals surface area contributed by atoms with E-state index < -0.39 is 0 Å². The van der Waals surface area contributed by atoms with Crippen LogP contribution in [0.2, 0.25) is 0 Å². The molecule has 0 saturated heterocycles. The lowest BCUT2D eigenvalue weighted by atomic mass is 9.82. The minimum Gasteiger partial charge on any atom is -0.247 e. The van der Waals surface area contributed by atoms with Gasteiger partial charge in [0.05, 0.1) is 11.2 Å². The highest BCUT2D eigenvalue weighted by molar-refractivity contribution is 7.26. The Hall–Kier alpha value is -6.04. The molecule has 3 heterocycles. The number of pyridine rings is 1. The van der Waals surface area contributed by atoms with E-state index in [1.807, 2.05) is 29.5 Å². The SMILES string of the molecule is CC1(C)c2ccccc2-c2ccc(-c3nc(-c4ccccc4)nc(-c4ccc(-c5nc6ccccc6c6sc7ccccc7c56)cc4)n3)cc21. The molecular weight excluding hydrogens is 629 g/mol. The molecule has 3 aromatic heterocycles. The summed E-state index contributed by atoms with van der Waals surface area (Å²) in [5.41, 5.74) is 11.0. The van der Waals surface area contributed by atoms with E-state index in [9.17, 15) is 0 Å². The zero-order valence-electron chi connectivity index (χ0n) is 27.6. The number of hydrogen-bond donors (Lipinski definition) is 0. The number of rotatable bonds is 4. The lowest BCUT2D eigenvalue weighted by molar-refractivity contribution is 0.660. The number of thiophene rings is 1.